The van der Waals surface area contributed by atoms with E-state index in [2.05, 4.69) is 14.9 Å². The molecule has 3 heterocycles. The molecule has 134 valence electrons. The zero-order valence-electron chi connectivity index (χ0n) is 14.8. The van der Waals surface area contributed by atoms with E-state index in [1.54, 1.807) is 18.1 Å². The summed E-state index contributed by atoms with van der Waals surface area (Å²) in [6.07, 6.45) is 11.3. The van der Waals surface area contributed by atoms with Gasteiger partial charge in [-0.1, -0.05) is 24.6 Å². The van der Waals surface area contributed by atoms with E-state index >= 15 is 0 Å². The predicted octanol–water partition coefficient (Wildman–Crippen LogP) is 4.45. The van der Waals surface area contributed by atoms with Crippen LogP contribution in [0.2, 0.25) is 0 Å². The molecule has 6 heteroatoms. The highest BCUT2D eigenvalue weighted by molar-refractivity contribution is 8.00. The van der Waals surface area contributed by atoms with Gasteiger partial charge in [-0.05, 0) is 51.0 Å². The van der Waals surface area contributed by atoms with Crippen molar-refractivity contribution in [1.29, 1.82) is 0 Å². The number of thiophene rings is 1. The second-order valence-corrected chi connectivity index (χ2v) is 9.48. The van der Waals surface area contributed by atoms with Crippen LogP contribution < -0.4 is 0 Å². The number of aryl methyl sites for hydroxylation is 2. The SMILES string of the molecule is C[C@H](Sc1ncnc2sc3c(c12)CCCC3)C(=O)N1CCCCCC1. The number of nitrogens with zero attached hydrogens (tertiary/aromatic N) is 3. The van der Waals surface area contributed by atoms with Crippen molar-refractivity contribution in [3.63, 3.8) is 0 Å². The summed E-state index contributed by atoms with van der Waals surface area (Å²) in [5.41, 5.74) is 1.45. The van der Waals surface area contributed by atoms with E-state index < -0.39 is 0 Å². The number of fused-ring (bicyclic) bond motifs is 3. The molecule has 1 aliphatic heterocycles. The van der Waals surface area contributed by atoms with Crippen LogP contribution in [0, 0.1) is 0 Å². The fraction of sp³-hybridized carbons (Fsp3) is 0.632. The molecule has 0 saturated carbocycles. The monoisotopic (exact) mass is 375 g/mol. The van der Waals surface area contributed by atoms with Crippen molar-refractivity contribution in [3.8, 4) is 0 Å². The highest BCUT2D eigenvalue weighted by Crippen LogP contribution is 2.40. The minimum atomic E-state index is -0.0876. The molecule has 0 aromatic carbocycles. The number of hydrogen-bond acceptors (Lipinski definition) is 5. The number of aromatic nitrogens is 2. The number of rotatable bonds is 3. The van der Waals surface area contributed by atoms with E-state index in [9.17, 15) is 4.79 Å². The maximum absolute atomic E-state index is 12.9. The lowest BCUT2D eigenvalue weighted by Gasteiger charge is -2.23. The number of hydrogen-bond donors (Lipinski definition) is 0. The average Bonchev–Trinajstić information content (AvgIpc) is 2.81. The van der Waals surface area contributed by atoms with Gasteiger partial charge in [0.05, 0.1) is 5.25 Å². The number of likely N-dealkylation sites (tertiary alicyclic amines) is 1. The summed E-state index contributed by atoms with van der Waals surface area (Å²) in [6.45, 7) is 3.86. The zero-order valence-corrected chi connectivity index (χ0v) is 16.4. The highest BCUT2D eigenvalue weighted by Gasteiger charge is 2.25. The minimum absolute atomic E-state index is 0.0876. The quantitative estimate of drug-likeness (QED) is 0.587. The summed E-state index contributed by atoms with van der Waals surface area (Å²) in [5, 5.41) is 2.14. The predicted molar refractivity (Wildman–Crippen MR) is 104 cm³/mol. The van der Waals surface area contributed by atoms with Gasteiger partial charge in [0.2, 0.25) is 5.91 Å². The smallest absolute Gasteiger partial charge is 0.235 e. The van der Waals surface area contributed by atoms with Crippen molar-refractivity contribution < 1.29 is 4.79 Å². The molecule has 0 unspecified atom stereocenters. The van der Waals surface area contributed by atoms with Crippen LogP contribution in [0.5, 0.6) is 0 Å². The van der Waals surface area contributed by atoms with Crippen molar-refractivity contribution in [2.75, 3.05) is 13.1 Å². The summed E-state index contributed by atoms with van der Waals surface area (Å²) in [4.78, 5) is 26.6. The first-order chi connectivity index (χ1) is 12.2. The molecule has 0 radical (unpaired) electrons. The van der Waals surface area contributed by atoms with Crippen LogP contribution >= 0.6 is 23.1 Å². The Balaban J connectivity index is 1.57. The summed E-state index contributed by atoms with van der Waals surface area (Å²) >= 11 is 3.44. The Labute approximate surface area is 157 Å². The lowest BCUT2D eigenvalue weighted by atomic mass is 9.97. The Morgan fingerprint density at radius 2 is 1.88 bits per heavy atom. The molecular weight excluding hydrogens is 350 g/mol. The molecule has 2 aromatic rings. The lowest BCUT2D eigenvalue weighted by molar-refractivity contribution is -0.130. The highest BCUT2D eigenvalue weighted by atomic mass is 32.2. The molecule has 1 aliphatic carbocycles. The normalized spacial score (nSPS) is 19.5. The molecular formula is C19H25N3OS2. The number of carbonyl (C=O) groups excluding carboxylic acids is 1. The molecule has 1 atom stereocenters. The summed E-state index contributed by atoms with van der Waals surface area (Å²) in [5.74, 6) is 0.266. The standard InChI is InChI=1S/C19H25N3OS2/c1-13(19(23)22-10-6-2-3-7-11-22)24-17-16-14-8-4-5-9-15(14)25-18(16)21-12-20-17/h12-13H,2-11H2,1H3/t13-/m0/s1. The molecule has 4 nitrogen and oxygen atoms in total. The second-order valence-electron chi connectivity index (χ2n) is 7.07. The fourth-order valence-electron chi connectivity index (χ4n) is 3.92. The Kier molecular flexibility index (Phi) is 5.27. The van der Waals surface area contributed by atoms with Gasteiger partial charge in [-0.25, -0.2) is 9.97 Å². The van der Waals surface area contributed by atoms with E-state index in [-0.39, 0.29) is 11.2 Å². The fourth-order valence-corrected chi connectivity index (χ4v) is 6.24. The third-order valence-corrected chi connectivity index (χ3v) is 7.56. The van der Waals surface area contributed by atoms with Gasteiger partial charge in [0.25, 0.3) is 0 Å². The van der Waals surface area contributed by atoms with Gasteiger partial charge in [0.1, 0.15) is 16.2 Å². The molecule has 1 fully saturated rings. The van der Waals surface area contributed by atoms with Crippen molar-refractivity contribution in [2.24, 2.45) is 0 Å². The van der Waals surface area contributed by atoms with Crippen LogP contribution in [-0.2, 0) is 17.6 Å². The van der Waals surface area contributed by atoms with Gasteiger partial charge in [-0.15, -0.1) is 11.3 Å². The summed E-state index contributed by atoms with van der Waals surface area (Å²) in [7, 11) is 0. The van der Waals surface area contributed by atoms with Gasteiger partial charge < -0.3 is 4.90 Å². The Hall–Kier alpha value is -1.14. The van der Waals surface area contributed by atoms with E-state index in [0.29, 0.717) is 0 Å². The van der Waals surface area contributed by atoms with Crippen LogP contribution in [0.4, 0.5) is 0 Å². The van der Waals surface area contributed by atoms with Crippen LogP contribution in [0.1, 0.15) is 55.9 Å². The van der Waals surface area contributed by atoms with E-state index in [1.807, 2.05) is 18.3 Å². The molecule has 4 rings (SSSR count). The molecule has 25 heavy (non-hydrogen) atoms. The third kappa shape index (κ3) is 3.56. The average molecular weight is 376 g/mol. The number of amides is 1. The third-order valence-electron chi connectivity index (χ3n) is 5.27. The van der Waals surface area contributed by atoms with Crippen molar-refractivity contribution in [2.45, 2.75) is 68.6 Å². The maximum atomic E-state index is 12.9. The molecule has 0 spiro atoms. The van der Waals surface area contributed by atoms with Crippen molar-refractivity contribution >= 4 is 39.2 Å². The first-order valence-electron chi connectivity index (χ1n) is 9.45. The maximum Gasteiger partial charge on any atom is 0.235 e. The first kappa shape index (κ1) is 17.3. The van der Waals surface area contributed by atoms with Crippen LogP contribution in [0.15, 0.2) is 11.4 Å². The van der Waals surface area contributed by atoms with Gasteiger partial charge >= 0.3 is 0 Å². The lowest BCUT2D eigenvalue weighted by Crippen LogP contribution is -2.37. The van der Waals surface area contributed by atoms with Gasteiger partial charge in [-0.3, -0.25) is 4.79 Å². The van der Waals surface area contributed by atoms with E-state index in [4.69, 9.17) is 0 Å². The Bertz CT molecular complexity index is 765. The summed E-state index contributed by atoms with van der Waals surface area (Å²) < 4.78 is 0. The largest absolute Gasteiger partial charge is 0.342 e. The van der Waals surface area contributed by atoms with Crippen molar-refractivity contribution in [1.82, 2.24) is 14.9 Å². The molecule has 0 bridgehead atoms. The Morgan fingerprint density at radius 1 is 1.12 bits per heavy atom. The van der Waals surface area contributed by atoms with Crippen LogP contribution in [0.3, 0.4) is 0 Å². The molecule has 1 saturated heterocycles. The second kappa shape index (κ2) is 7.62. The topological polar surface area (TPSA) is 46.1 Å². The number of thioether (sulfide) groups is 1. The van der Waals surface area contributed by atoms with Gasteiger partial charge in [0, 0.05) is 23.4 Å². The van der Waals surface area contributed by atoms with Crippen molar-refractivity contribution in [3.05, 3.63) is 16.8 Å². The molecule has 2 aliphatic rings. The van der Waals surface area contributed by atoms with Crippen LogP contribution in [0.25, 0.3) is 10.2 Å². The zero-order chi connectivity index (χ0) is 17.2. The minimum Gasteiger partial charge on any atom is -0.342 e. The van der Waals surface area contributed by atoms with Gasteiger partial charge in [0.15, 0.2) is 0 Å². The first-order valence-corrected chi connectivity index (χ1v) is 11.1. The molecule has 0 N–H and O–H groups in total. The summed E-state index contributed by atoms with van der Waals surface area (Å²) in [6, 6.07) is 0. The van der Waals surface area contributed by atoms with E-state index in [0.717, 1.165) is 42.2 Å². The van der Waals surface area contributed by atoms with Gasteiger partial charge in [-0.2, -0.15) is 0 Å². The molecule has 2 aromatic heterocycles. The molecule has 1 amide bonds. The van der Waals surface area contributed by atoms with Crippen LogP contribution in [-0.4, -0.2) is 39.1 Å². The van der Waals surface area contributed by atoms with E-state index in [1.165, 1.54) is 47.9 Å². The Morgan fingerprint density at radius 3 is 2.68 bits per heavy atom. The number of carbonyl (C=O) groups is 1.